The van der Waals surface area contributed by atoms with Crippen LogP contribution in [-0.2, 0) is 0 Å². The lowest BCUT2D eigenvalue weighted by atomic mass is 10.0. The normalized spacial score (nSPS) is 12.9. The van der Waals surface area contributed by atoms with Crippen LogP contribution in [-0.4, -0.2) is 0 Å². The maximum Gasteiger partial charge on any atom is 0.105 e. The van der Waals surface area contributed by atoms with Crippen molar-refractivity contribution in [3.8, 4) is 0 Å². The Morgan fingerprint density at radius 2 is 1.94 bits per heavy atom. The molecule has 3 heteroatoms. The Balaban J connectivity index is 2.22. The van der Waals surface area contributed by atoms with Crippen LogP contribution in [0.1, 0.15) is 69.2 Å². The third-order valence-corrected chi connectivity index (χ3v) is 3.32. The molecule has 17 heavy (non-hydrogen) atoms. The Bertz CT molecular complexity index is 296. The Labute approximate surface area is 105 Å². The molecular formula is C14H26N2O. The molecule has 0 aliphatic rings. The van der Waals surface area contributed by atoms with Crippen LogP contribution in [0.4, 0.5) is 0 Å². The maximum absolute atomic E-state index is 5.60. The van der Waals surface area contributed by atoms with Crippen LogP contribution >= 0.6 is 0 Å². The van der Waals surface area contributed by atoms with E-state index >= 15 is 0 Å². The summed E-state index contributed by atoms with van der Waals surface area (Å²) >= 11 is 0. The highest BCUT2D eigenvalue weighted by atomic mass is 16.3. The van der Waals surface area contributed by atoms with Gasteiger partial charge in [-0.05, 0) is 19.4 Å². The topological polar surface area (TPSA) is 51.2 Å². The molecule has 0 radical (unpaired) electrons. The number of hydrogen-bond acceptors (Lipinski definition) is 3. The van der Waals surface area contributed by atoms with Gasteiger partial charge in [0, 0.05) is 11.6 Å². The van der Waals surface area contributed by atoms with Gasteiger partial charge in [-0.1, -0.05) is 45.4 Å². The molecule has 1 rings (SSSR count). The van der Waals surface area contributed by atoms with Crippen molar-refractivity contribution in [3.63, 3.8) is 0 Å². The average molecular weight is 238 g/mol. The summed E-state index contributed by atoms with van der Waals surface area (Å²) in [4.78, 5) is 0. The van der Waals surface area contributed by atoms with Gasteiger partial charge in [0.2, 0.25) is 0 Å². The molecule has 1 aromatic heterocycles. The first-order valence-electron chi connectivity index (χ1n) is 6.79. The number of nitrogens with one attached hydrogen (secondary N) is 1. The van der Waals surface area contributed by atoms with E-state index in [1.165, 1.54) is 44.1 Å². The molecule has 0 bridgehead atoms. The lowest BCUT2D eigenvalue weighted by Gasteiger charge is -2.14. The third-order valence-electron chi connectivity index (χ3n) is 3.32. The van der Waals surface area contributed by atoms with Gasteiger partial charge in [0.15, 0.2) is 0 Å². The summed E-state index contributed by atoms with van der Waals surface area (Å²) in [5, 5.41) is 0. The van der Waals surface area contributed by atoms with Crippen molar-refractivity contribution >= 4 is 0 Å². The molecule has 1 aromatic rings. The van der Waals surface area contributed by atoms with E-state index < -0.39 is 0 Å². The van der Waals surface area contributed by atoms with Crippen molar-refractivity contribution in [2.75, 3.05) is 0 Å². The summed E-state index contributed by atoms with van der Waals surface area (Å²) < 4.78 is 5.31. The lowest BCUT2D eigenvalue weighted by molar-refractivity contribution is 0.461. The zero-order chi connectivity index (χ0) is 12.5. The van der Waals surface area contributed by atoms with Crippen molar-refractivity contribution in [2.24, 2.45) is 5.84 Å². The first-order chi connectivity index (χ1) is 8.29. The zero-order valence-corrected chi connectivity index (χ0v) is 11.2. The average Bonchev–Trinajstić information content (AvgIpc) is 2.75. The van der Waals surface area contributed by atoms with E-state index in [4.69, 9.17) is 10.3 Å². The number of aryl methyl sites for hydroxylation is 1. The van der Waals surface area contributed by atoms with E-state index in [-0.39, 0.29) is 6.04 Å². The fraction of sp³-hybridized carbons (Fsp3) is 0.714. The molecule has 1 atom stereocenters. The van der Waals surface area contributed by atoms with E-state index in [9.17, 15) is 0 Å². The molecule has 3 nitrogen and oxygen atoms in total. The Kier molecular flexibility index (Phi) is 6.97. The highest BCUT2D eigenvalue weighted by Crippen LogP contribution is 2.23. The van der Waals surface area contributed by atoms with Crippen LogP contribution in [0.5, 0.6) is 0 Å². The molecule has 1 heterocycles. The molecule has 0 saturated heterocycles. The summed E-state index contributed by atoms with van der Waals surface area (Å²) in [6.45, 7) is 4.23. The largest absolute Gasteiger partial charge is 0.469 e. The van der Waals surface area contributed by atoms with Crippen LogP contribution < -0.4 is 11.3 Å². The number of hydrazine groups is 1. The molecule has 98 valence electrons. The minimum atomic E-state index is 0.236. The summed E-state index contributed by atoms with van der Waals surface area (Å²) in [7, 11) is 0. The molecule has 3 N–H and O–H groups in total. The van der Waals surface area contributed by atoms with Gasteiger partial charge in [-0.3, -0.25) is 11.3 Å². The molecule has 0 spiro atoms. The van der Waals surface area contributed by atoms with Gasteiger partial charge in [0.25, 0.3) is 0 Å². The van der Waals surface area contributed by atoms with Crippen LogP contribution in [0.25, 0.3) is 0 Å². The standard InChI is InChI=1S/C14H26N2O/c1-3-4-5-6-7-8-9-14(16-15)13-10-11-17-12(13)2/h10-11,14,16H,3-9,15H2,1-2H3. The highest BCUT2D eigenvalue weighted by molar-refractivity contribution is 5.19. The number of unbranched alkanes of at least 4 members (excludes halogenated alkanes) is 5. The van der Waals surface area contributed by atoms with Gasteiger partial charge >= 0.3 is 0 Å². The molecule has 0 saturated carbocycles. The van der Waals surface area contributed by atoms with E-state index in [0.717, 1.165) is 12.2 Å². The summed E-state index contributed by atoms with van der Waals surface area (Å²) in [5.41, 5.74) is 4.08. The molecule has 0 aromatic carbocycles. The summed E-state index contributed by atoms with van der Waals surface area (Å²) in [6, 6.07) is 2.25. The molecular weight excluding hydrogens is 212 g/mol. The molecule has 0 fully saturated rings. The first-order valence-corrected chi connectivity index (χ1v) is 6.79. The van der Waals surface area contributed by atoms with Crippen molar-refractivity contribution < 1.29 is 4.42 Å². The van der Waals surface area contributed by atoms with E-state index in [2.05, 4.69) is 12.3 Å². The van der Waals surface area contributed by atoms with Gasteiger partial charge in [0.1, 0.15) is 5.76 Å². The predicted octanol–water partition coefficient (Wildman–Crippen LogP) is 3.84. The quantitative estimate of drug-likeness (QED) is 0.390. The second kappa shape index (κ2) is 8.31. The van der Waals surface area contributed by atoms with E-state index in [1.807, 2.05) is 13.0 Å². The Morgan fingerprint density at radius 1 is 1.24 bits per heavy atom. The van der Waals surface area contributed by atoms with Gasteiger partial charge in [-0.2, -0.15) is 0 Å². The SMILES string of the molecule is CCCCCCCCC(NN)c1ccoc1C. The summed E-state index contributed by atoms with van der Waals surface area (Å²) in [6.07, 6.45) is 10.7. The number of rotatable bonds is 9. The van der Waals surface area contributed by atoms with Crippen molar-refractivity contribution in [1.82, 2.24) is 5.43 Å². The monoisotopic (exact) mass is 238 g/mol. The van der Waals surface area contributed by atoms with Crippen molar-refractivity contribution in [1.29, 1.82) is 0 Å². The second-order valence-corrected chi connectivity index (χ2v) is 4.71. The molecule has 1 unspecified atom stereocenters. The van der Waals surface area contributed by atoms with Gasteiger partial charge in [-0.25, -0.2) is 0 Å². The lowest BCUT2D eigenvalue weighted by Crippen LogP contribution is -2.28. The zero-order valence-electron chi connectivity index (χ0n) is 11.2. The van der Waals surface area contributed by atoms with Crippen LogP contribution in [0, 0.1) is 6.92 Å². The Hall–Kier alpha value is -0.800. The molecule has 0 amide bonds. The predicted molar refractivity (Wildman–Crippen MR) is 71.5 cm³/mol. The number of nitrogens with two attached hydrogens (primary N) is 1. The number of hydrogen-bond donors (Lipinski definition) is 2. The van der Waals surface area contributed by atoms with E-state index in [1.54, 1.807) is 6.26 Å². The van der Waals surface area contributed by atoms with Crippen LogP contribution in [0.3, 0.4) is 0 Å². The maximum atomic E-state index is 5.60. The van der Waals surface area contributed by atoms with Crippen molar-refractivity contribution in [3.05, 3.63) is 23.7 Å². The first kappa shape index (κ1) is 14.3. The van der Waals surface area contributed by atoms with Gasteiger partial charge in [0.05, 0.1) is 6.26 Å². The third kappa shape index (κ3) is 4.92. The molecule has 0 aliphatic heterocycles. The van der Waals surface area contributed by atoms with Crippen LogP contribution in [0.2, 0.25) is 0 Å². The second-order valence-electron chi connectivity index (χ2n) is 4.71. The van der Waals surface area contributed by atoms with Crippen molar-refractivity contribution in [2.45, 2.75) is 64.8 Å². The summed E-state index contributed by atoms with van der Waals surface area (Å²) in [5.74, 6) is 6.57. The minimum absolute atomic E-state index is 0.236. The fourth-order valence-corrected chi connectivity index (χ4v) is 2.21. The van der Waals surface area contributed by atoms with Crippen LogP contribution in [0.15, 0.2) is 16.7 Å². The minimum Gasteiger partial charge on any atom is -0.469 e. The smallest absolute Gasteiger partial charge is 0.105 e. The molecule has 0 aliphatic carbocycles. The van der Waals surface area contributed by atoms with Gasteiger partial charge < -0.3 is 4.42 Å². The van der Waals surface area contributed by atoms with E-state index in [0.29, 0.717) is 0 Å². The highest BCUT2D eigenvalue weighted by Gasteiger charge is 2.13. The number of furan rings is 1. The fourth-order valence-electron chi connectivity index (χ4n) is 2.21. The van der Waals surface area contributed by atoms with Gasteiger partial charge in [-0.15, -0.1) is 0 Å². The Morgan fingerprint density at radius 3 is 2.53 bits per heavy atom.